The summed E-state index contributed by atoms with van der Waals surface area (Å²) in [5.41, 5.74) is 10.5. The highest BCUT2D eigenvalue weighted by Crippen LogP contribution is 2.33. The third-order valence-electron chi connectivity index (χ3n) is 11.2. The molecule has 2 aliphatic heterocycles. The van der Waals surface area contributed by atoms with Crippen LogP contribution in [0.15, 0.2) is 29.3 Å². The Morgan fingerprint density at radius 3 is 1.71 bits per heavy atom. The molecule has 2 aliphatic rings. The van der Waals surface area contributed by atoms with Crippen molar-refractivity contribution in [3.8, 4) is 0 Å². The van der Waals surface area contributed by atoms with E-state index in [0.717, 1.165) is 96.7 Å². The zero-order valence-corrected chi connectivity index (χ0v) is 34.0. The van der Waals surface area contributed by atoms with Crippen molar-refractivity contribution in [3.05, 3.63) is 29.3 Å². The minimum Gasteiger partial charge on any atom is -0.466 e. The summed E-state index contributed by atoms with van der Waals surface area (Å²) < 4.78 is 17.9. The molecule has 298 valence electrons. The molecule has 52 heavy (non-hydrogen) atoms. The topological polar surface area (TPSA) is 65.1 Å². The Bertz CT molecular complexity index is 979. The molecule has 2 atom stereocenters. The maximum Gasteiger partial charge on any atom is 0.305 e. The largest absolute Gasteiger partial charge is 0.466 e. The Kier molecular flexibility index (Phi) is 28.7. The summed E-state index contributed by atoms with van der Waals surface area (Å²) in [6, 6.07) is 0. The maximum atomic E-state index is 12.8. The van der Waals surface area contributed by atoms with Crippen LogP contribution in [0.25, 0.3) is 0 Å². The fraction of sp³-hybridized carbons (Fsp3) is 0.848. The number of likely N-dealkylation sites (tertiary alicyclic amines) is 1. The van der Waals surface area contributed by atoms with E-state index in [2.05, 4.69) is 42.5 Å². The normalized spacial score (nSPS) is 23.6. The SMILES string of the molecule is C=C=C=C=C1C(CCCCC)CCOC(=O)CCCCCCCC(COCCCN2CCCC2)CCCCCCCC(=O)OCCC1CCCCC. The molecule has 6 nitrogen and oxygen atoms in total. The number of ether oxygens (including phenoxy) is 3. The van der Waals surface area contributed by atoms with Gasteiger partial charge in [-0.05, 0) is 119 Å². The number of esters is 2. The van der Waals surface area contributed by atoms with Gasteiger partial charge in [0.25, 0.3) is 0 Å². The second-order valence-electron chi connectivity index (χ2n) is 15.7. The van der Waals surface area contributed by atoms with E-state index in [1.165, 1.54) is 102 Å². The molecular formula is C46H79NO5. The van der Waals surface area contributed by atoms with Gasteiger partial charge in [0.1, 0.15) is 0 Å². The smallest absolute Gasteiger partial charge is 0.305 e. The molecule has 0 aromatic carbocycles. The summed E-state index contributed by atoms with van der Waals surface area (Å²) >= 11 is 0. The number of nitrogens with zero attached hydrogens (tertiary/aromatic N) is 1. The molecule has 0 aromatic rings. The van der Waals surface area contributed by atoms with E-state index < -0.39 is 0 Å². The molecule has 0 radical (unpaired) electrons. The predicted molar refractivity (Wildman–Crippen MR) is 215 cm³/mol. The Labute approximate surface area is 320 Å². The Morgan fingerprint density at radius 1 is 0.673 bits per heavy atom. The summed E-state index contributed by atoms with van der Waals surface area (Å²) in [4.78, 5) is 28.1. The number of cyclic esters (lactones) is 2. The first-order valence-corrected chi connectivity index (χ1v) is 22.1. The van der Waals surface area contributed by atoms with Gasteiger partial charge in [-0.15, -0.1) is 0 Å². The van der Waals surface area contributed by atoms with Crippen LogP contribution in [-0.2, 0) is 23.8 Å². The van der Waals surface area contributed by atoms with E-state index in [1.807, 2.05) is 0 Å². The lowest BCUT2D eigenvalue weighted by Gasteiger charge is -2.26. The Hall–Kier alpha value is -2.06. The van der Waals surface area contributed by atoms with Crippen molar-refractivity contribution in [1.29, 1.82) is 0 Å². The zero-order valence-electron chi connectivity index (χ0n) is 34.0. The molecule has 2 fully saturated rings. The van der Waals surface area contributed by atoms with Gasteiger partial charge in [0, 0.05) is 32.6 Å². The molecule has 0 aromatic heterocycles. The lowest BCUT2D eigenvalue weighted by atomic mass is 9.79. The average Bonchev–Trinajstić information content (AvgIpc) is 3.66. The molecule has 0 bridgehead atoms. The van der Waals surface area contributed by atoms with E-state index >= 15 is 0 Å². The van der Waals surface area contributed by atoms with Gasteiger partial charge in [-0.2, -0.15) is 0 Å². The van der Waals surface area contributed by atoms with Crippen molar-refractivity contribution >= 4 is 11.9 Å². The van der Waals surface area contributed by atoms with Crippen LogP contribution in [0.4, 0.5) is 0 Å². The fourth-order valence-electron chi connectivity index (χ4n) is 8.04. The highest BCUT2D eigenvalue weighted by Gasteiger charge is 2.24. The van der Waals surface area contributed by atoms with Gasteiger partial charge < -0.3 is 19.1 Å². The van der Waals surface area contributed by atoms with E-state index in [4.69, 9.17) is 14.2 Å². The molecule has 0 N–H and O–H groups in total. The lowest BCUT2D eigenvalue weighted by molar-refractivity contribution is -0.144. The zero-order chi connectivity index (χ0) is 37.3. The summed E-state index contributed by atoms with van der Waals surface area (Å²) in [7, 11) is 0. The summed E-state index contributed by atoms with van der Waals surface area (Å²) in [6.45, 7) is 14.5. The van der Waals surface area contributed by atoms with Crippen LogP contribution < -0.4 is 0 Å². The monoisotopic (exact) mass is 726 g/mol. The standard InChI is InChI=1S/C46H79NO5/c1-4-7-16-27-42-32-38-51-45(48)30-20-14-10-12-18-25-41(40-50-37-24-36-47-34-22-23-35-47)26-19-13-11-15-21-31-46(49)52-39-33-43(28-17-8-5-2)44(42)29-9-6-3/h41-43H,3-5,7-8,10-28,30-40H2,1-2H3. The molecule has 0 aliphatic carbocycles. The second kappa shape index (κ2) is 32.4. The van der Waals surface area contributed by atoms with Crippen LogP contribution in [0.5, 0.6) is 0 Å². The van der Waals surface area contributed by atoms with Crippen molar-refractivity contribution in [2.24, 2.45) is 17.8 Å². The van der Waals surface area contributed by atoms with Gasteiger partial charge in [0.2, 0.25) is 0 Å². The van der Waals surface area contributed by atoms with Crippen LogP contribution in [0, 0.1) is 17.8 Å². The molecule has 2 saturated heterocycles. The van der Waals surface area contributed by atoms with E-state index in [0.29, 0.717) is 32.0 Å². The number of rotatable bonds is 14. The van der Waals surface area contributed by atoms with Crippen molar-refractivity contribution in [2.45, 2.75) is 187 Å². The Balaban J connectivity index is 1.99. The van der Waals surface area contributed by atoms with Gasteiger partial charge in [0.15, 0.2) is 0 Å². The van der Waals surface area contributed by atoms with E-state index in [-0.39, 0.29) is 23.8 Å². The third-order valence-corrected chi connectivity index (χ3v) is 11.2. The quantitative estimate of drug-likeness (QED) is 0.101. The molecular weight excluding hydrogens is 647 g/mol. The minimum absolute atomic E-state index is 0.0749. The molecule has 2 unspecified atom stereocenters. The van der Waals surface area contributed by atoms with Gasteiger partial charge in [0.05, 0.1) is 13.2 Å². The predicted octanol–water partition coefficient (Wildman–Crippen LogP) is 11.9. The van der Waals surface area contributed by atoms with Crippen LogP contribution in [-0.4, -0.2) is 62.9 Å². The lowest BCUT2D eigenvalue weighted by Crippen LogP contribution is -2.22. The van der Waals surface area contributed by atoms with Crippen LogP contribution in [0.2, 0.25) is 0 Å². The summed E-state index contributed by atoms with van der Waals surface area (Å²) in [6.07, 6.45) is 29.1. The van der Waals surface area contributed by atoms with Crippen LogP contribution in [0.1, 0.15) is 187 Å². The maximum absolute atomic E-state index is 12.8. The second-order valence-corrected chi connectivity index (χ2v) is 15.7. The number of allylic oxidation sites excluding steroid dienone is 1. The van der Waals surface area contributed by atoms with E-state index in [9.17, 15) is 9.59 Å². The third kappa shape index (κ3) is 23.6. The van der Waals surface area contributed by atoms with Crippen LogP contribution >= 0.6 is 0 Å². The highest BCUT2D eigenvalue weighted by molar-refractivity contribution is 5.69. The highest BCUT2D eigenvalue weighted by atomic mass is 16.5. The van der Waals surface area contributed by atoms with Crippen molar-refractivity contribution in [1.82, 2.24) is 4.90 Å². The fourth-order valence-corrected chi connectivity index (χ4v) is 8.04. The minimum atomic E-state index is -0.0749. The number of unbranched alkanes of at least 4 members (excludes halogenated alkanes) is 4. The summed E-state index contributed by atoms with van der Waals surface area (Å²) in [5.74, 6) is 0.962. The van der Waals surface area contributed by atoms with E-state index in [1.54, 1.807) is 0 Å². The van der Waals surface area contributed by atoms with Crippen molar-refractivity contribution in [3.63, 3.8) is 0 Å². The Morgan fingerprint density at radius 2 is 1.19 bits per heavy atom. The number of carbonyl (C=O) groups excluding carboxylic acids is 2. The summed E-state index contributed by atoms with van der Waals surface area (Å²) in [5, 5.41) is 0. The van der Waals surface area contributed by atoms with Gasteiger partial charge >= 0.3 is 11.9 Å². The van der Waals surface area contributed by atoms with Crippen molar-refractivity contribution < 1.29 is 23.8 Å². The van der Waals surface area contributed by atoms with Crippen LogP contribution in [0.3, 0.4) is 0 Å². The number of carbonyl (C=O) groups is 2. The molecule has 2 rings (SSSR count). The number of hydrogen-bond donors (Lipinski definition) is 0. The molecule has 0 saturated carbocycles. The van der Waals surface area contributed by atoms with Gasteiger partial charge in [-0.3, -0.25) is 9.59 Å². The molecule has 2 heterocycles. The first-order valence-electron chi connectivity index (χ1n) is 22.1. The molecule has 0 spiro atoms. The first kappa shape index (κ1) is 46.1. The molecule has 0 amide bonds. The van der Waals surface area contributed by atoms with Gasteiger partial charge in [-0.25, -0.2) is 0 Å². The average molecular weight is 726 g/mol. The molecule has 6 heteroatoms. The van der Waals surface area contributed by atoms with Crippen molar-refractivity contribution in [2.75, 3.05) is 46.1 Å². The van der Waals surface area contributed by atoms with Gasteiger partial charge in [-0.1, -0.05) is 115 Å². The number of hydrogen-bond acceptors (Lipinski definition) is 6. The first-order chi connectivity index (χ1) is 25.6.